The summed E-state index contributed by atoms with van der Waals surface area (Å²) in [7, 11) is -7.99. The highest BCUT2D eigenvalue weighted by Gasteiger charge is 2.44. The first-order valence-corrected chi connectivity index (χ1v) is 29.8. The summed E-state index contributed by atoms with van der Waals surface area (Å²) in [6, 6.07) is 6.36. The maximum Gasteiger partial charge on any atom is 0.423 e. The minimum atomic E-state index is -4.88. The van der Waals surface area contributed by atoms with E-state index < -0.39 is 91.9 Å². The first-order chi connectivity index (χ1) is 38.9. The highest BCUT2D eigenvalue weighted by Crippen LogP contribution is 2.39. The zero-order valence-corrected chi connectivity index (χ0v) is 45.9. The van der Waals surface area contributed by atoms with Gasteiger partial charge in [-0.25, -0.2) is 31.8 Å². The Labute approximate surface area is 467 Å². The molecule has 3 aromatic heterocycles. The number of ether oxygens (including phenoxy) is 4. The van der Waals surface area contributed by atoms with Crippen LogP contribution in [0.25, 0.3) is 0 Å². The van der Waals surface area contributed by atoms with Crippen LogP contribution in [0.4, 0.5) is 62.9 Å². The van der Waals surface area contributed by atoms with E-state index in [9.17, 15) is 56.3 Å². The molecule has 0 saturated carbocycles. The zero-order valence-electron chi connectivity index (χ0n) is 44.3. The molecule has 450 valence electrons. The molecule has 0 bridgehead atoms. The highest BCUT2D eigenvalue weighted by molar-refractivity contribution is 7.89. The Balaban J connectivity index is 0.715. The first kappa shape index (κ1) is 59.5. The van der Waals surface area contributed by atoms with Crippen molar-refractivity contribution in [2.75, 3.05) is 99.2 Å². The van der Waals surface area contributed by atoms with Crippen LogP contribution in [0.2, 0.25) is 0 Å². The van der Waals surface area contributed by atoms with E-state index in [2.05, 4.69) is 51.1 Å². The molecule has 10 rings (SSSR count). The number of hydrogen-bond donors (Lipinski definition) is 4. The molecule has 4 N–H and O–H groups in total. The molecule has 0 aliphatic carbocycles. The van der Waals surface area contributed by atoms with Crippen molar-refractivity contribution in [1.29, 1.82) is 0 Å². The van der Waals surface area contributed by atoms with E-state index in [0.29, 0.717) is 57.8 Å². The third kappa shape index (κ3) is 14.0. The van der Waals surface area contributed by atoms with Gasteiger partial charge in [0.2, 0.25) is 43.7 Å². The van der Waals surface area contributed by atoms with E-state index in [1.807, 2.05) is 6.92 Å². The van der Waals surface area contributed by atoms with Crippen LogP contribution >= 0.6 is 0 Å². The average Bonchev–Trinajstić information content (AvgIpc) is 4.20. The van der Waals surface area contributed by atoms with Crippen LogP contribution in [-0.2, 0) is 41.9 Å². The molecule has 2 unspecified atom stereocenters. The molecule has 1 aromatic carbocycles. The lowest BCUT2D eigenvalue weighted by atomic mass is 10.0. The van der Waals surface area contributed by atoms with Crippen molar-refractivity contribution in [2.24, 2.45) is 0 Å². The Kier molecular flexibility index (Phi) is 17.5. The molecule has 6 saturated heterocycles. The van der Waals surface area contributed by atoms with Crippen LogP contribution in [0.1, 0.15) is 63.0 Å². The van der Waals surface area contributed by atoms with Crippen molar-refractivity contribution < 1.29 is 75.3 Å². The smallest absolute Gasteiger partial charge is 0.423 e. The summed E-state index contributed by atoms with van der Waals surface area (Å²) >= 11 is 0. The number of nitrogens with zero attached hydrogens (tertiary/aromatic N) is 9. The second-order valence-electron chi connectivity index (χ2n) is 21.2. The molecular formula is C50H62F9N13O8S2. The number of rotatable bonds is 16. The van der Waals surface area contributed by atoms with Gasteiger partial charge in [0.05, 0.1) is 30.8 Å². The molecule has 6 aliphatic rings. The molecule has 0 spiro atoms. The standard InChI is InChI=1S/C50H62F9N13O8S2/c1-30-26-70(34-2-4-36(5-3-34)81(73,74)71-15-8-31(9-16-71)65-46-62-24-38(48(51,52)53)44(67-46)79-35-12-20-77-29-35)27-33(64-30)22-41-40(13-21-78-41)80-45-39(49(54,55)56)25-63-47(68-45)66-32-10-17-72(18-11-32)82(75,76)37-6-7-43(61-23-37)69-19-14-60-42(28-69)50(57,58)59/h2-7,23-25,30-33,35,40-42,60,64H,8-22,26-29H2,1H3,(H,62,65,67)(H,63,66,68)/t30-,33-,35-,40-,41?,42?/m0/s1. The van der Waals surface area contributed by atoms with Crippen LogP contribution in [0, 0.1) is 0 Å². The Bertz CT molecular complexity index is 3060. The van der Waals surface area contributed by atoms with Crippen LogP contribution < -0.4 is 40.5 Å². The first-order valence-electron chi connectivity index (χ1n) is 26.9. The molecule has 21 nitrogen and oxygen atoms in total. The molecule has 32 heteroatoms. The number of benzene rings is 1. The maximum absolute atomic E-state index is 14.4. The summed E-state index contributed by atoms with van der Waals surface area (Å²) in [5, 5.41) is 12.0. The fraction of sp³-hybridized carbons (Fsp3) is 0.620. The molecule has 6 aliphatic heterocycles. The van der Waals surface area contributed by atoms with Gasteiger partial charge in [-0.05, 0) is 75.4 Å². The van der Waals surface area contributed by atoms with Gasteiger partial charge in [-0.3, -0.25) is 0 Å². The second kappa shape index (κ2) is 24.1. The number of hydrogen-bond acceptors (Lipinski definition) is 19. The minimum Gasteiger partial charge on any atom is -0.471 e. The number of aromatic nitrogens is 5. The average molecular weight is 1210 g/mol. The van der Waals surface area contributed by atoms with E-state index in [1.165, 1.54) is 37.8 Å². The minimum absolute atomic E-state index is 0.0315. The molecule has 82 heavy (non-hydrogen) atoms. The van der Waals surface area contributed by atoms with Crippen molar-refractivity contribution in [3.05, 3.63) is 66.1 Å². The Morgan fingerprint density at radius 3 is 1.79 bits per heavy atom. The highest BCUT2D eigenvalue weighted by atomic mass is 32.2. The number of piperidine rings is 2. The Morgan fingerprint density at radius 2 is 1.24 bits per heavy atom. The predicted octanol–water partition coefficient (Wildman–Crippen LogP) is 5.53. The number of nitrogens with one attached hydrogen (secondary N) is 4. The number of sulfonamides is 2. The van der Waals surface area contributed by atoms with Gasteiger partial charge < -0.3 is 50.0 Å². The number of pyridine rings is 1. The molecule has 0 amide bonds. The topological polar surface area (TPSA) is 231 Å². The maximum atomic E-state index is 14.4. The van der Waals surface area contributed by atoms with Gasteiger partial charge in [0, 0.05) is 120 Å². The summed E-state index contributed by atoms with van der Waals surface area (Å²) in [4.78, 5) is 23.6. The number of piperazine rings is 2. The van der Waals surface area contributed by atoms with Crippen molar-refractivity contribution >= 4 is 43.4 Å². The fourth-order valence-electron chi connectivity index (χ4n) is 11.0. The van der Waals surface area contributed by atoms with Crippen LogP contribution in [-0.4, -0.2) is 184 Å². The third-order valence-corrected chi connectivity index (χ3v) is 19.1. The Hall–Kier alpha value is -5.64. The molecule has 6 atom stereocenters. The van der Waals surface area contributed by atoms with Crippen LogP contribution in [0.15, 0.2) is 64.8 Å². The lowest BCUT2D eigenvalue weighted by molar-refractivity contribution is -0.155. The number of alkyl halides is 9. The quantitative estimate of drug-likeness (QED) is 0.101. The summed E-state index contributed by atoms with van der Waals surface area (Å²) in [6.07, 6.45) is -11.6. The van der Waals surface area contributed by atoms with Crippen molar-refractivity contribution in [1.82, 2.24) is 44.2 Å². The van der Waals surface area contributed by atoms with Gasteiger partial charge in [0.15, 0.2) is 0 Å². The zero-order chi connectivity index (χ0) is 58.2. The van der Waals surface area contributed by atoms with E-state index >= 15 is 0 Å². The largest absolute Gasteiger partial charge is 0.471 e. The summed E-state index contributed by atoms with van der Waals surface area (Å²) in [5.41, 5.74) is -1.55. The monoisotopic (exact) mass is 1210 g/mol. The van der Waals surface area contributed by atoms with E-state index in [0.717, 1.165) is 11.9 Å². The fourth-order valence-corrected chi connectivity index (χ4v) is 13.9. The Morgan fingerprint density at radius 1 is 0.659 bits per heavy atom. The summed E-state index contributed by atoms with van der Waals surface area (Å²) in [6.45, 7) is 3.94. The predicted molar refractivity (Wildman–Crippen MR) is 277 cm³/mol. The van der Waals surface area contributed by atoms with Gasteiger partial charge in [0.25, 0.3) is 0 Å². The SMILES string of the molecule is C[C@H]1CN(c2ccc(S(=O)(=O)N3CCC(Nc4ncc(C(F)(F)F)c(O[C@H]5CCOC5)n4)CC3)cc2)C[C@H](CC2OCC[C@@H]2Oc2nc(NC3CCN(S(=O)(=O)c4ccc(N5CCNC(C(F)(F)F)C5)nc4)CC3)ncc2C(F)(F)F)N1. The van der Waals surface area contributed by atoms with Gasteiger partial charge in [-0.15, -0.1) is 0 Å². The molecule has 9 heterocycles. The van der Waals surface area contributed by atoms with Gasteiger partial charge in [0.1, 0.15) is 40.1 Å². The van der Waals surface area contributed by atoms with Crippen LogP contribution in [0.5, 0.6) is 11.8 Å². The number of anilines is 4. The van der Waals surface area contributed by atoms with Crippen LogP contribution in [0.3, 0.4) is 0 Å². The van der Waals surface area contributed by atoms with Gasteiger partial charge in [-0.2, -0.15) is 58.1 Å². The normalized spacial score (nSPS) is 25.3. The van der Waals surface area contributed by atoms with Gasteiger partial charge >= 0.3 is 18.5 Å². The molecular weight excluding hydrogens is 1150 g/mol. The molecule has 4 aromatic rings. The van der Waals surface area contributed by atoms with Gasteiger partial charge in [-0.1, -0.05) is 0 Å². The van der Waals surface area contributed by atoms with E-state index in [4.69, 9.17) is 18.9 Å². The molecule has 6 fully saturated rings. The molecule has 0 radical (unpaired) electrons. The van der Waals surface area contributed by atoms with Crippen molar-refractivity contribution in [3.63, 3.8) is 0 Å². The van der Waals surface area contributed by atoms with Crippen molar-refractivity contribution in [3.8, 4) is 11.8 Å². The second-order valence-corrected chi connectivity index (χ2v) is 25.0. The summed E-state index contributed by atoms with van der Waals surface area (Å²) in [5.74, 6) is -1.31. The number of halogens is 9. The van der Waals surface area contributed by atoms with E-state index in [1.54, 1.807) is 12.1 Å². The van der Waals surface area contributed by atoms with E-state index in [-0.39, 0.29) is 124 Å². The third-order valence-electron chi connectivity index (χ3n) is 15.3. The lowest BCUT2D eigenvalue weighted by Gasteiger charge is -2.40. The lowest BCUT2D eigenvalue weighted by Crippen LogP contribution is -2.57. The summed E-state index contributed by atoms with van der Waals surface area (Å²) < 4.78 is 205. The van der Waals surface area contributed by atoms with Crippen molar-refractivity contribution in [2.45, 2.75) is 129 Å².